The Morgan fingerprint density at radius 3 is 2.86 bits per heavy atom. The summed E-state index contributed by atoms with van der Waals surface area (Å²) in [6, 6.07) is 4.24. The van der Waals surface area contributed by atoms with E-state index in [4.69, 9.17) is 10.8 Å². The number of nitrogen functional groups attached to an aromatic ring is 1. The van der Waals surface area contributed by atoms with E-state index >= 15 is 0 Å². The lowest BCUT2D eigenvalue weighted by molar-refractivity contribution is -0.384. The molecule has 0 aliphatic rings. The number of hydrogen-bond acceptors (Lipinski definition) is 4. The molecule has 0 bridgehead atoms. The van der Waals surface area contributed by atoms with Gasteiger partial charge in [-0.1, -0.05) is 0 Å². The Balaban J connectivity index is 2.96. The van der Waals surface area contributed by atoms with Crippen molar-refractivity contribution in [3.05, 3.63) is 28.3 Å². The van der Waals surface area contributed by atoms with Gasteiger partial charge in [-0.05, 0) is 12.1 Å². The Kier molecular flexibility index (Phi) is 3.24. The molecule has 0 heterocycles. The van der Waals surface area contributed by atoms with Gasteiger partial charge in [0.05, 0.1) is 18.1 Å². The van der Waals surface area contributed by atoms with E-state index in [-0.39, 0.29) is 24.5 Å². The number of anilines is 1. The van der Waals surface area contributed by atoms with Crippen LogP contribution in [0.2, 0.25) is 0 Å². The molecular weight excluding hydrogens is 186 g/mol. The van der Waals surface area contributed by atoms with E-state index < -0.39 is 4.92 Å². The lowest BCUT2D eigenvalue weighted by Crippen LogP contribution is -2.06. The van der Waals surface area contributed by atoms with Crippen molar-refractivity contribution in [1.82, 2.24) is 5.32 Å². The van der Waals surface area contributed by atoms with Crippen LogP contribution in [0.25, 0.3) is 0 Å². The third-order valence-corrected chi connectivity index (χ3v) is 1.58. The molecule has 1 rings (SSSR count). The van der Waals surface area contributed by atoms with Crippen LogP contribution in [0.3, 0.4) is 0 Å². The summed E-state index contributed by atoms with van der Waals surface area (Å²) in [6.45, 7) is 0.00624. The van der Waals surface area contributed by atoms with Gasteiger partial charge in [-0.3, -0.25) is 15.4 Å². The summed E-state index contributed by atoms with van der Waals surface area (Å²) >= 11 is 0. The molecule has 0 fully saturated rings. The van der Waals surface area contributed by atoms with Gasteiger partial charge in [-0.2, -0.15) is 0 Å². The molecule has 1 aromatic carbocycles. The van der Waals surface area contributed by atoms with Crippen LogP contribution >= 0.6 is 0 Å². The monoisotopic (exact) mass is 196 g/mol. The molecule has 0 saturated heterocycles. The summed E-state index contributed by atoms with van der Waals surface area (Å²) in [7, 11) is 0. The fourth-order valence-corrected chi connectivity index (χ4v) is 0.991. The van der Waals surface area contributed by atoms with Crippen LogP contribution < -0.4 is 11.1 Å². The Labute approximate surface area is 80.5 Å². The molecule has 0 aromatic heterocycles. The standard InChI is InChI=1S/C8H10N3O3/c9-6-1-2-7(10-3-4-12)8(5-6)11(13)14/h1-2,5,12H,3-4,9H2. The Morgan fingerprint density at radius 1 is 1.57 bits per heavy atom. The summed E-state index contributed by atoms with van der Waals surface area (Å²) in [4.78, 5) is 10.0. The van der Waals surface area contributed by atoms with Crippen molar-refractivity contribution in [3.63, 3.8) is 0 Å². The minimum atomic E-state index is -0.549. The molecule has 0 aliphatic heterocycles. The third-order valence-electron chi connectivity index (χ3n) is 1.58. The van der Waals surface area contributed by atoms with Gasteiger partial charge in [0.25, 0.3) is 5.69 Å². The van der Waals surface area contributed by atoms with Crippen LogP contribution in [-0.4, -0.2) is 23.2 Å². The first-order valence-corrected chi connectivity index (χ1v) is 3.97. The van der Waals surface area contributed by atoms with Crippen molar-refractivity contribution >= 4 is 17.1 Å². The van der Waals surface area contributed by atoms with E-state index in [1.54, 1.807) is 0 Å². The average molecular weight is 196 g/mol. The molecule has 3 N–H and O–H groups in total. The minimum Gasteiger partial charge on any atom is -0.399 e. The molecule has 6 heteroatoms. The number of aliphatic hydroxyl groups is 1. The van der Waals surface area contributed by atoms with Gasteiger partial charge >= 0.3 is 0 Å². The summed E-state index contributed by atoms with van der Waals surface area (Å²) < 4.78 is 0. The van der Waals surface area contributed by atoms with E-state index in [9.17, 15) is 10.1 Å². The zero-order valence-electron chi connectivity index (χ0n) is 7.38. The normalized spacial score (nSPS) is 9.79. The largest absolute Gasteiger partial charge is 0.399 e. The Hall–Kier alpha value is -1.82. The number of aliphatic hydroxyl groups excluding tert-OH is 1. The SMILES string of the molecule is Nc1ccc([N]CCO)c([N+](=O)[O-])c1. The lowest BCUT2D eigenvalue weighted by Gasteiger charge is -2.02. The molecule has 1 radical (unpaired) electrons. The van der Waals surface area contributed by atoms with Gasteiger partial charge in [0.15, 0.2) is 0 Å². The van der Waals surface area contributed by atoms with Crippen LogP contribution in [0, 0.1) is 10.1 Å². The van der Waals surface area contributed by atoms with Gasteiger partial charge in [0, 0.05) is 11.8 Å². The molecule has 1 aromatic rings. The van der Waals surface area contributed by atoms with Crippen molar-refractivity contribution in [2.24, 2.45) is 0 Å². The predicted molar refractivity (Wildman–Crippen MR) is 51.3 cm³/mol. The second-order valence-corrected chi connectivity index (χ2v) is 2.61. The van der Waals surface area contributed by atoms with Crippen molar-refractivity contribution in [1.29, 1.82) is 0 Å². The summed E-state index contributed by atoms with van der Waals surface area (Å²) in [5.74, 6) is 0. The molecule has 0 unspecified atom stereocenters. The van der Waals surface area contributed by atoms with E-state index in [2.05, 4.69) is 5.32 Å². The minimum absolute atomic E-state index is 0.137. The fourth-order valence-electron chi connectivity index (χ4n) is 0.991. The maximum absolute atomic E-state index is 10.6. The maximum atomic E-state index is 10.6. The topological polar surface area (TPSA) is 103 Å². The highest BCUT2D eigenvalue weighted by atomic mass is 16.6. The van der Waals surface area contributed by atoms with Gasteiger partial charge < -0.3 is 10.8 Å². The zero-order valence-corrected chi connectivity index (χ0v) is 7.38. The fraction of sp³-hybridized carbons (Fsp3) is 0.250. The molecule has 0 spiro atoms. The smallest absolute Gasteiger partial charge is 0.296 e. The highest BCUT2D eigenvalue weighted by Crippen LogP contribution is 2.26. The van der Waals surface area contributed by atoms with Gasteiger partial charge in [0.2, 0.25) is 0 Å². The maximum Gasteiger partial charge on any atom is 0.296 e. The molecule has 0 amide bonds. The average Bonchev–Trinajstić information content (AvgIpc) is 2.15. The molecule has 6 nitrogen and oxygen atoms in total. The molecule has 0 saturated carbocycles. The highest BCUT2D eigenvalue weighted by Gasteiger charge is 2.14. The number of hydrogen-bond donors (Lipinski definition) is 2. The van der Waals surface area contributed by atoms with E-state index in [1.165, 1.54) is 18.2 Å². The summed E-state index contributed by atoms with van der Waals surface area (Å²) in [6.07, 6.45) is 0. The molecular formula is C8H10N3O3. The van der Waals surface area contributed by atoms with E-state index in [0.717, 1.165) is 0 Å². The predicted octanol–water partition coefficient (Wildman–Crippen LogP) is 0.405. The van der Waals surface area contributed by atoms with Crippen LogP contribution in [0.4, 0.5) is 17.1 Å². The van der Waals surface area contributed by atoms with Crippen molar-refractivity contribution in [2.75, 3.05) is 18.9 Å². The number of nitrogens with zero attached hydrogens (tertiary/aromatic N) is 2. The van der Waals surface area contributed by atoms with Gasteiger partial charge in [-0.25, -0.2) is 0 Å². The zero-order chi connectivity index (χ0) is 10.6. The van der Waals surface area contributed by atoms with Crippen LogP contribution in [0.15, 0.2) is 18.2 Å². The second kappa shape index (κ2) is 4.43. The van der Waals surface area contributed by atoms with Crippen molar-refractivity contribution in [3.8, 4) is 0 Å². The molecule has 75 valence electrons. The number of benzene rings is 1. The quantitative estimate of drug-likeness (QED) is 0.413. The third kappa shape index (κ3) is 2.33. The first-order valence-electron chi connectivity index (χ1n) is 3.97. The molecule has 0 atom stereocenters. The first-order chi connectivity index (χ1) is 6.65. The van der Waals surface area contributed by atoms with Crippen LogP contribution in [-0.2, 0) is 0 Å². The Morgan fingerprint density at radius 2 is 2.29 bits per heavy atom. The van der Waals surface area contributed by atoms with Crippen molar-refractivity contribution in [2.45, 2.75) is 0 Å². The number of nitro groups is 1. The number of rotatable bonds is 4. The first kappa shape index (κ1) is 10.3. The number of nitro benzene ring substituents is 1. The van der Waals surface area contributed by atoms with Gasteiger partial charge in [-0.15, -0.1) is 0 Å². The Bertz CT molecular complexity index is 341. The highest BCUT2D eigenvalue weighted by molar-refractivity contribution is 5.63. The van der Waals surface area contributed by atoms with Gasteiger partial charge in [0.1, 0.15) is 5.69 Å². The number of nitrogens with two attached hydrogens (primary N) is 1. The summed E-state index contributed by atoms with van der Waals surface area (Å²) in [5, 5.41) is 22.9. The van der Waals surface area contributed by atoms with Crippen molar-refractivity contribution < 1.29 is 10.0 Å². The molecule has 0 aliphatic carbocycles. The van der Waals surface area contributed by atoms with Crippen LogP contribution in [0.1, 0.15) is 0 Å². The van der Waals surface area contributed by atoms with Crippen LogP contribution in [0.5, 0.6) is 0 Å². The van der Waals surface area contributed by atoms with E-state index in [0.29, 0.717) is 5.69 Å². The van der Waals surface area contributed by atoms with E-state index in [1.807, 2.05) is 0 Å². The lowest BCUT2D eigenvalue weighted by atomic mass is 10.2. The molecule has 14 heavy (non-hydrogen) atoms. The summed E-state index contributed by atoms with van der Waals surface area (Å²) in [5.41, 5.74) is 5.81. The second-order valence-electron chi connectivity index (χ2n) is 2.61.